The molecule has 6 nitrogen and oxygen atoms in total. The van der Waals surface area contributed by atoms with Gasteiger partial charge in [-0.2, -0.15) is 0 Å². The van der Waals surface area contributed by atoms with E-state index in [1.165, 1.54) is 12.3 Å². The van der Waals surface area contributed by atoms with Crippen LogP contribution in [-0.4, -0.2) is 43.0 Å². The number of aromatic carboxylic acids is 1. The molecular formula is C9H12N2O4S. The molecule has 0 aliphatic rings. The Morgan fingerprint density at radius 3 is 2.62 bits per heavy atom. The first-order valence-electron chi connectivity index (χ1n) is 4.49. The summed E-state index contributed by atoms with van der Waals surface area (Å²) in [6, 6.07) is 2.89. The van der Waals surface area contributed by atoms with Crippen molar-refractivity contribution < 1.29 is 18.3 Å². The minimum atomic E-state index is -2.99. The highest BCUT2D eigenvalue weighted by Gasteiger charge is 2.04. The molecule has 0 saturated carbocycles. The Labute approximate surface area is 93.2 Å². The van der Waals surface area contributed by atoms with Crippen molar-refractivity contribution in [1.82, 2.24) is 4.98 Å². The first-order chi connectivity index (χ1) is 7.38. The molecule has 0 radical (unpaired) electrons. The van der Waals surface area contributed by atoms with Crippen LogP contribution in [0, 0.1) is 0 Å². The maximum Gasteiger partial charge on any atom is 0.354 e. The first-order valence-corrected chi connectivity index (χ1v) is 6.55. The topological polar surface area (TPSA) is 96.4 Å². The maximum atomic E-state index is 10.8. The van der Waals surface area contributed by atoms with Gasteiger partial charge in [0.2, 0.25) is 0 Å². The molecule has 7 heteroatoms. The summed E-state index contributed by atoms with van der Waals surface area (Å²) in [4.78, 5) is 14.2. The van der Waals surface area contributed by atoms with E-state index in [0.29, 0.717) is 5.69 Å². The molecule has 1 aromatic rings. The lowest BCUT2D eigenvalue weighted by Crippen LogP contribution is -2.14. The van der Waals surface area contributed by atoms with Crippen LogP contribution in [0.15, 0.2) is 18.3 Å². The van der Waals surface area contributed by atoms with Crippen LogP contribution in [0.5, 0.6) is 0 Å². The summed E-state index contributed by atoms with van der Waals surface area (Å²) < 4.78 is 21.7. The number of nitrogens with one attached hydrogen (secondary N) is 1. The lowest BCUT2D eigenvalue weighted by molar-refractivity contribution is 0.0690. The molecule has 1 aromatic heterocycles. The van der Waals surface area contributed by atoms with Crippen LogP contribution < -0.4 is 5.32 Å². The Morgan fingerprint density at radius 2 is 2.19 bits per heavy atom. The number of rotatable bonds is 5. The molecule has 16 heavy (non-hydrogen) atoms. The second-order valence-electron chi connectivity index (χ2n) is 3.29. The smallest absolute Gasteiger partial charge is 0.354 e. The average molecular weight is 244 g/mol. The quantitative estimate of drug-likeness (QED) is 0.770. The molecule has 0 bridgehead atoms. The highest BCUT2D eigenvalue weighted by molar-refractivity contribution is 7.90. The molecule has 0 aromatic carbocycles. The van der Waals surface area contributed by atoms with Crippen LogP contribution in [0.1, 0.15) is 10.5 Å². The standard InChI is InChI=1S/C9H12N2O4S/c1-16(14,15)5-4-10-7-2-3-8(9(12)13)11-6-7/h2-3,6,10H,4-5H2,1H3,(H,12,13). The number of anilines is 1. The van der Waals surface area contributed by atoms with E-state index in [2.05, 4.69) is 10.3 Å². The van der Waals surface area contributed by atoms with Gasteiger partial charge in [0, 0.05) is 12.8 Å². The predicted molar refractivity (Wildman–Crippen MR) is 59.4 cm³/mol. The summed E-state index contributed by atoms with van der Waals surface area (Å²) >= 11 is 0. The van der Waals surface area contributed by atoms with Gasteiger partial charge >= 0.3 is 5.97 Å². The summed E-state index contributed by atoms with van der Waals surface area (Å²) in [7, 11) is -2.99. The number of nitrogens with zero attached hydrogens (tertiary/aromatic N) is 1. The number of hydrogen-bond donors (Lipinski definition) is 2. The zero-order chi connectivity index (χ0) is 12.2. The van der Waals surface area contributed by atoms with Crippen LogP contribution in [0.25, 0.3) is 0 Å². The van der Waals surface area contributed by atoms with Crippen molar-refractivity contribution >= 4 is 21.5 Å². The fourth-order valence-electron chi connectivity index (χ4n) is 1.01. The van der Waals surface area contributed by atoms with Gasteiger partial charge < -0.3 is 10.4 Å². The zero-order valence-corrected chi connectivity index (χ0v) is 9.49. The van der Waals surface area contributed by atoms with Gasteiger partial charge in [-0.15, -0.1) is 0 Å². The monoisotopic (exact) mass is 244 g/mol. The van der Waals surface area contributed by atoms with E-state index >= 15 is 0 Å². The molecule has 0 spiro atoms. The molecule has 0 amide bonds. The number of carbonyl (C=O) groups is 1. The largest absolute Gasteiger partial charge is 0.477 e. The fraction of sp³-hybridized carbons (Fsp3) is 0.333. The van der Waals surface area contributed by atoms with E-state index in [1.807, 2.05) is 0 Å². The van der Waals surface area contributed by atoms with Gasteiger partial charge in [0.05, 0.1) is 17.6 Å². The van der Waals surface area contributed by atoms with E-state index in [0.717, 1.165) is 6.26 Å². The van der Waals surface area contributed by atoms with Crippen molar-refractivity contribution in [3.63, 3.8) is 0 Å². The third kappa shape index (κ3) is 4.26. The summed E-state index contributed by atoms with van der Waals surface area (Å²) in [5, 5.41) is 11.4. The van der Waals surface area contributed by atoms with Crippen LogP contribution in [0.3, 0.4) is 0 Å². The Morgan fingerprint density at radius 1 is 1.50 bits per heavy atom. The van der Waals surface area contributed by atoms with Gasteiger partial charge in [0.25, 0.3) is 0 Å². The average Bonchev–Trinajstić information content (AvgIpc) is 2.16. The molecule has 88 valence electrons. The second kappa shape index (κ2) is 4.93. The van der Waals surface area contributed by atoms with Gasteiger partial charge in [-0.3, -0.25) is 0 Å². The van der Waals surface area contributed by atoms with Crippen molar-refractivity contribution in [2.45, 2.75) is 0 Å². The van der Waals surface area contributed by atoms with E-state index in [4.69, 9.17) is 5.11 Å². The molecule has 2 N–H and O–H groups in total. The maximum absolute atomic E-state index is 10.8. The number of carboxylic acids is 1. The van der Waals surface area contributed by atoms with E-state index in [9.17, 15) is 13.2 Å². The second-order valence-corrected chi connectivity index (χ2v) is 5.55. The summed E-state index contributed by atoms with van der Waals surface area (Å²) in [5.41, 5.74) is 0.544. The SMILES string of the molecule is CS(=O)(=O)CCNc1ccc(C(=O)O)nc1. The molecule has 0 unspecified atom stereocenters. The fourth-order valence-corrected chi connectivity index (χ4v) is 1.48. The lowest BCUT2D eigenvalue weighted by Gasteiger charge is -2.04. The van der Waals surface area contributed by atoms with Gasteiger partial charge in [0.15, 0.2) is 0 Å². The molecular weight excluding hydrogens is 232 g/mol. The summed E-state index contributed by atoms with van der Waals surface area (Å²) in [6.45, 7) is 0.271. The Balaban J connectivity index is 2.53. The highest BCUT2D eigenvalue weighted by Crippen LogP contribution is 2.05. The van der Waals surface area contributed by atoms with Crippen LogP contribution in [0.2, 0.25) is 0 Å². The predicted octanol–water partition coefficient (Wildman–Crippen LogP) is 0.236. The van der Waals surface area contributed by atoms with Crippen molar-refractivity contribution in [2.75, 3.05) is 23.9 Å². The van der Waals surface area contributed by atoms with E-state index < -0.39 is 15.8 Å². The van der Waals surface area contributed by atoms with E-state index in [-0.39, 0.29) is 18.0 Å². The third-order valence-electron chi connectivity index (χ3n) is 1.78. The van der Waals surface area contributed by atoms with Crippen LogP contribution in [0.4, 0.5) is 5.69 Å². The molecule has 0 atom stereocenters. The van der Waals surface area contributed by atoms with E-state index in [1.54, 1.807) is 6.07 Å². The number of sulfone groups is 1. The van der Waals surface area contributed by atoms with Crippen LogP contribution >= 0.6 is 0 Å². The van der Waals surface area contributed by atoms with Crippen LogP contribution in [-0.2, 0) is 9.84 Å². The normalized spacial score (nSPS) is 11.1. The highest BCUT2D eigenvalue weighted by atomic mass is 32.2. The van der Waals surface area contributed by atoms with Crippen molar-refractivity contribution in [2.24, 2.45) is 0 Å². The molecule has 1 heterocycles. The number of carboxylic acid groups (broad SMARTS) is 1. The van der Waals surface area contributed by atoms with Gasteiger partial charge in [-0.1, -0.05) is 0 Å². The third-order valence-corrected chi connectivity index (χ3v) is 2.73. The Bertz CT molecular complexity index is 467. The Hall–Kier alpha value is -1.63. The molecule has 0 aliphatic heterocycles. The summed E-state index contributed by atoms with van der Waals surface area (Å²) in [5.74, 6) is -1.07. The van der Waals surface area contributed by atoms with Crippen molar-refractivity contribution in [1.29, 1.82) is 0 Å². The van der Waals surface area contributed by atoms with Gasteiger partial charge in [-0.25, -0.2) is 18.2 Å². The summed E-state index contributed by atoms with van der Waals surface area (Å²) in [6.07, 6.45) is 2.51. The minimum absolute atomic E-state index is 0.0215. The number of hydrogen-bond acceptors (Lipinski definition) is 5. The Kier molecular flexibility index (Phi) is 3.83. The molecule has 1 rings (SSSR count). The minimum Gasteiger partial charge on any atom is -0.477 e. The zero-order valence-electron chi connectivity index (χ0n) is 8.67. The number of aromatic nitrogens is 1. The van der Waals surface area contributed by atoms with Crippen molar-refractivity contribution in [3.8, 4) is 0 Å². The lowest BCUT2D eigenvalue weighted by atomic mass is 10.3. The molecule has 0 fully saturated rings. The first kappa shape index (κ1) is 12.4. The number of pyridine rings is 1. The van der Waals surface area contributed by atoms with Crippen molar-refractivity contribution in [3.05, 3.63) is 24.0 Å². The molecule has 0 aliphatic carbocycles. The van der Waals surface area contributed by atoms with Gasteiger partial charge in [-0.05, 0) is 12.1 Å². The molecule has 0 saturated heterocycles. The van der Waals surface area contributed by atoms with Gasteiger partial charge in [0.1, 0.15) is 15.5 Å².